The maximum absolute atomic E-state index is 13.2. The number of nitrogens with zero attached hydrogens (tertiary/aromatic N) is 3. The van der Waals surface area contributed by atoms with Gasteiger partial charge in [0, 0.05) is 12.7 Å². The molecule has 0 radical (unpaired) electrons. The SMILES string of the molecule is Oc1ccc(CNCc2nnc3ccccn23)cc1F. The van der Waals surface area contributed by atoms with Crippen LogP contribution in [0.3, 0.4) is 0 Å². The highest BCUT2D eigenvalue weighted by molar-refractivity contribution is 5.37. The van der Waals surface area contributed by atoms with E-state index >= 15 is 0 Å². The Balaban J connectivity index is 1.66. The van der Waals surface area contributed by atoms with Crippen LogP contribution in [0.1, 0.15) is 11.4 Å². The van der Waals surface area contributed by atoms with Crippen molar-refractivity contribution in [1.82, 2.24) is 19.9 Å². The largest absolute Gasteiger partial charge is 0.505 e. The van der Waals surface area contributed by atoms with Crippen LogP contribution in [0.15, 0.2) is 42.6 Å². The Morgan fingerprint density at radius 2 is 2.05 bits per heavy atom. The molecule has 0 amide bonds. The summed E-state index contributed by atoms with van der Waals surface area (Å²) in [6.45, 7) is 1.01. The number of benzene rings is 1. The molecule has 6 heteroatoms. The van der Waals surface area contributed by atoms with Crippen LogP contribution in [0.2, 0.25) is 0 Å². The average Bonchev–Trinajstić information content (AvgIpc) is 2.86. The van der Waals surface area contributed by atoms with E-state index in [0.717, 1.165) is 17.0 Å². The summed E-state index contributed by atoms with van der Waals surface area (Å²) >= 11 is 0. The summed E-state index contributed by atoms with van der Waals surface area (Å²) in [5.41, 5.74) is 1.55. The molecule has 0 aliphatic heterocycles. The second kappa shape index (κ2) is 5.26. The molecule has 0 saturated heterocycles. The second-order valence-electron chi connectivity index (χ2n) is 4.43. The molecule has 0 unspecified atom stereocenters. The van der Waals surface area contributed by atoms with Crippen molar-refractivity contribution in [3.05, 3.63) is 59.8 Å². The van der Waals surface area contributed by atoms with Gasteiger partial charge in [0.05, 0.1) is 6.54 Å². The molecule has 0 saturated carbocycles. The monoisotopic (exact) mass is 272 g/mol. The lowest BCUT2D eigenvalue weighted by Crippen LogP contribution is -2.15. The fraction of sp³-hybridized carbons (Fsp3) is 0.143. The zero-order chi connectivity index (χ0) is 13.9. The predicted octanol–water partition coefficient (Wildman–Crippen LogP) is 1.86. The molecular formula is C14H13FN4O. The Labute approximate surface area is 114 Å². The van der Waals surface area contributed by atoms with Gasteiger partial charge >= 0.3 is 0 Å². The number of aromatic hydroxyl groups is 1. The normalized spacial score (nSPS) is 11.1. The van der Waals surface area contributed by atoms with Crippen LogP contribution in [0.4, 0.5) is 4.39 Å². The molecule has 102 valence electrons. The van der Waals surface area contributed by atoms with Crippen LogP contribution in [-0.2, 0) is 13.1 Å². The van der Waals surface area contributed by atoms with Gasteiger partial charge in [0.1, 0.15) is 0 Å². The highest BCUT2D eigenvalue weighted by Crippen LogP contribution is 2.16. The number of pyridine rings is 1. The number of phenols is 1. The smallest absolute Gasteiger partial charge is 0.165 e. The van der Waals surface area contributed by atoms with Gasteiger partial charge in [0.15, 0.2) is 23.0 Å². The quantitative estimate of drug-likeness (QED) is 0.761. The molecule has 1 aromatic carbocycles. The standard InChI is InChI=1S/C14H13FN4O/c15-11-7-10(4-5-12(11)20)8-16-9-14-18-17-13-3-1-2-6-19(13)14/h1-7,16,20H,8-9H2. The van der Waals surface area contributed by atoms with Gasteiger partial charge < -0.3 is 10.4 Å². The lowest BCUT2D eigenvalue weighted by atomic mass is 10.2. The van der Waals surface area contributed by atoms with Crippen molar-refractivity contribution < 1.29 is 9.50 Å². The Kier molecular flexibility index (Phi) is 3.30. The van der Waals surface area contributed by atoms with E-state index in [1.807, 2.05) is 28.8 Å². The molecule has 3 rings (SSSR count). The highest BCUT2D eigenvalue weighted by atomic mass is 19.1. The zero-order valence-electron chi connectivity index (χ0n) is 10.6. The van der Waals surface area contributed by atoms with Crippen molar-refractivity contribution in [1.29, 1.82) is 0 Å². The number of phenolic OH excluding ortho intramolecular Hbond substituents is 1. The van der Waals surface area contributed by atoms with E-state index in [1.165, 1.54) is 12.1 Å². The van der Waals surface area contributed by atoms with Crippen molar-refractivity contribution in [2.45, 2.75) is 13.1 Å². The molecule has 2 aromatic heterocycles. The number of aromatic nitrogens is 3. The molecule has 0 aliphatic carbocycles. The van der Waals surface area contributed by atoms with Gasteiger partial charge in [-0.05, 0) is 29.8 Å². The van der Waals surface area contributed by atoms with Crippen LogP contribution in [0.5, 0.6) is 5.75 Å². The van der Waals surface area contributed by atoms with Crippen LogP contribution in [-0.4, -0.2) is 19.7 Å². The summed E-state index contributed by atoms with van der Waals surface area (Å²) in [6.07, 6.45) is 1.90. The van der Waals surface area contributed by atoms with E-state index in [-0.39, 0.29) is 5.75 Å². The fourth-order valence-electron chi connectivity index (χ4n) is 1.99. The molecule has 2 heterocycles. The molecular weight excluding hydrogens is 259 g/mol. The number of hydrogen-bond donors (Lipinski definition) is 2. The van der Waals surface area contributed by atoms with Gasteiger partial charge in [0.25, 0.3) is 0 Å². The Morgan fingerprint density at radius 3 is 2.90 bits per heavy atom. The minimum atomic E-state index is -0.614. The first-order valence-electron chi connectivity index (χ1n) is 6.21. The van der Waals surface area contributed by atoms with E-state index in [4.69, 9.17) is 5.11 Å². The van der Waals surface area contributed by atoms with Crippen molar-refractivity contribution in [2.24, 2.45) is 0 Å². The number of hydrogen-bond acceptors (Lipinski definition) is 4. The van der Waals surface area contributed by atoms with Crippen molar-refractivity contribution in [2.75, 3.05) is 0 Å². The molecule has 3 aromatic rings. The molecule has 0 fully saturated rings. The van der Waals surface area contributed by atoms with Crippen LogP contribution in [0.25, 0.3) is 5.65 Å². The first kappa shape index (κ1) is 12.6. The minimum absolute atomic E-state index is 0.336. The second-order valence-corrected chi connectivity index (χ2v) is 4.43. The summed E-state index contributed by atoms with van der Waals surface area (Å²) in [6, 6.07) is 10.0. The summed E-state index contributed by atoms with van der Waals surface area (Å²) in [4.78, 5) is 0. The highest BCUT2D eigenvalue weighted by Gasteiger charge is 2.05. The summed E-state index contributed by atoms with van der Waals surface area (Å²) in [7, 11) is 0. The number of rotatable bonds is 4. The van der Waals surface area contributed by atoms with E-state index in [0.29, 0.717) is 13.1 Å². The van der Waals surface area contributed by atoms with Crippen molar-refractivity contribution >= 4 is 5.65 Å². The molecule has 0 spiro atoms. The Hall–Kier alpha value is -2.47. The van der Waals surface area contributed by atoms with Gasteiger partial charge in [0.2, 0.25) is 0 Å². The summed E-state index contributed by atoms with van der Waals surface area (Å²) in [5.74, 6) is -0.158. The Morgan fingerprint density at radius 1 is 1.15 bits per heavy atom. The average molecular weight is 272 g/mol. The zero-order valence-corrected chi connectivity index (χ0v) is 10.6. The van der Waals surface area contributed by atoms with Crippen molar-refractivity contribution in [3.8, 4) is 5.75 Å². The maximum atomic E-state index is 13.2. The maximum Gasteiger partial charge on any atom is 0.165 e. The first-order valence-corrected chi connectivity index (χ1v) is 6.21. The van der Waals surface area contributed by atoms with Gasteiger partial charge in [-0.1, -0.05) is 12.1 Å². The van der Waals surface area contributed by atoms with Crippen LogP contribution < -0.4 is 5.32 Å². The minimum Gasteiger partial charge on any atom is -0.505 e. The van der Waals surface area contributed by atoms with Gasteiger partial charge in [-0.25, -0.2) is 4.39 Å². The number of fused-ring (bicyclic) bond motifs is 1. The molecule has 0 atom stereocenters. The lowest BCUT2D eigenvalue weighted by Gasteiger charge is -2.05. The fourth-order valence-corrected chi connectivity index (χ4v) is 1.99. The van der Waals surface area contributed by atoms with E-state index < -0.39 is 5.82 Å². The van der Waals surface area contributed by atoms with E-state index in [9.17, 15) is 4.39 Å². The lowest BCUT2D eigenvalue weighted by molar-refractivity contribution is 0.431. The molecule has 20 heavy (non-hydrogen) atoms. The van der Waals surface area contributed by atoms with E-state index in [1.54, 1.807) is 6.07 Å². The van der Waals surface area contributed by atoms with Gasteiger partial charge in [-0.2, -0.15) is 0 Å². The third-order valence-electron chi connectivity index (χ3n) is 3.01. The van der Waals surface area contributed by atoms with Gasteiger partial charge in [-0.3, -0.25) is 4.40 Å². The van der Waals surface area contributed by atoms with Crippen LogP contribution in [0, 0.1) is 5.82 Å². The topological polar surface area (TPSA) is 62.5 Å². The molecule has 2 N–H and O–H groups in total. The number of halogens is 1. The van der Waals surface area contributed by atoms with E-state index in [2.05, 4.69) is 15.5 Å². The number of nitrogens with one attached hydrogen (secondary N) is 1. The molecule has 0 bridgehead atoms. The van der Waals surface area contributed by atoms with Gasteiger partial charge in [-0.15, -0.1) is 10.2 Å². The molecule has 0 aliphatic rings. The third kappa shape index (κ3) is 2.46. The Bertz CT molecular complexity index is 741. The predicted molar refractivity (Wildman–Crippen MR) is 71.6 cm³/mol. The summed E-state index contributed by atoms with van der Waals surface area (Å²) in [5, 5.41) is 20.4. The first-order chi connectivity index (χ1) is 9.74. The molecule has 5 nitrogen and oxygen atoms in total. The van der Waals surface area contributed by atoms with Crippen molar-refractivity contribution in [3.63, 3.8) is 0 Å². The third-order valence-corrected chi connectivity index (χ3v) is 3.01. The van der Waals surface area contributed by atoms with Crippen LogP contribution >= 0.6 is 0 Å². The summed E-state index contributed by atoms with van der Waals surface area (Å²) < 4.78 is 15.1.